The normalized spacial score (nSPS) is 24.8. The number of nitrogens with zero attached hydrogens (tertiary/aromatic N) is 1. The Bertz CT molecular complexity index is 670. The molecule has 2 heteroatoms. The summed E-state index contributed by atoms with van der Waals surface area (Å²) < 4.78 is 6.47. The maximum Gasteiger partial charge on any atom is 0.158 e. The fourth-order valence-electron chi connectivity index (χ4n) is 3.98. The molecule has 0 aromatic heterocycles. The predicted molar refractivity (Wildman–Crippen MR) is 86.7 cm³/mol. The van der Waals surface area contributed by atoms with Crippen LogP contribution in [0.25, 0.3) is 10.8 Å². The topological polar surface area (TPSA) is 12.5 Å². The summed E-state index contributed by atoms with van der Waals surface area (Å²) in [7, 11) is 0. The smallest absolute Gasteiger partial charge is 0.158 e. The SMILES string of the molecule is CC1(C)Cc2c(ccc3ccccc23)OC1N1CCCC1. The zero-order valence-corrected chi connectivity index (χ0v) is 12.9. The van der Waals surface area contributed by atoms with Crippen LogP contribution < -0.4 is 4.74 Å². The van der Waals surface area contributed by atoms with Crippen molar-refractivity contribution in [3.8, 4) is 5.75 Å². The number of benzene rings is 2. The van der Waals surface area contributed by atoms with Crippen LogP contribution in [0.3, 0.4) is 0 Å². The molecular weight excluding hydrogens is 258 g/mol. The van der Waals surface area contributed by atoms with Crippen LogP contribution in [0.1, 0.15) is 32.3 Å². The Morgan fingerprint density at radius 3 is 2.62 bits per heavy atom. The molecule has 0 N–H and O–H groups in total. The predicted octanol–water partition coefficient (Wildman–Crippen LogP) is 4.22. The largest absolute Gasteiger partial charge is 0.474 e. The molecule has 0 spiro atoms. The Kier molecular flexibility index (Phi) is 2.97. The van der Waals surface area contributed by atoms with Gasteiger partial charge in [0.1, 0.15) is 5.75 Å². The van der Waals surface area contributed by atoms with Crippen LogP contribution in [0.15, 0.2) is 36.4 Å². The molecule has 2 aromatic rings. The van der Waals surface area contributed by atoms with Crippen LogP contribution in [-0.4, -0.2) is 24.2 Å². The number of rotatable bonds is 1. The molecule has 0 saturated carbocycles. The number of hydrogen-bond acceptors (Lipinski definition) is 2. The van der Waals surface area contributed by atoms with Crippen molar-refractivity contribution in [3.63, 3.8) is 0 Å². The van der Waals surface area contributed by atoms with E-state index in [1.165, 1.54) is 42.3 Å². The Labute approximate surface area is 126 Å². The number of ether oxygens (including phenoxy) is 1. The lowest BCUT2D eigenvalue weighted by molar-refractivity contribution is -0.0588. The minimum atomic E-state index is 0.154. The van der Waals surface area contributed by atoms with Crippen molar-refractivity contribution in [2.75, 3.05) is 13.1 Å². The molecule has 0 bridgehead atoms. The molecule has 0 amide bonds. The van der Waals surface area contributed by atoms with Gasteiger partial charge in [0.05, 0.1) is 0 Å². The number of likely N-dealkylation sites (tertiary alicyclic amines) is 1. The molecule has 21 heavy (non-hydrogen) atoms. The molecule has 2 aliphatic heterocycles. The second kappa shape index (κ2) is 4.74. The van der Waals surface area contributed by atoms with Crippen molar-refractivity contribution in [1.82, 2.24) is 4.90 Å². The highest BCUT2D eigenvalue weighted by molar-refractivity contribution is 5.88. The van der Waals surface area contributed by atoms with Crippen LogP contribution in [0.5, 0.6) is 5.75 Å². The van der Waals surface area contributed by atoms with Crippen molar-refractivity contribution in [2.24, 2.45) is 5.41 Å². The molecule has 1 saturated heterocycles. The lowest BCUT2D eigenvalue weighted by Crippen LogP contribution is -2.51. The minimum absolute atomic E-state index is 0.154. The second-order valence-electron chi connectivity index (χ2n) is 7.14. The quantitative estimate of drug-likeness (QED) is 0.776. The summed E-state index contributed by atoms with van der Waals surface area (Å²) in [5, 5.41) is 2.67. The maximum absolute atomic E-state index is 6.47. The molecule has 0 radical (unpaired) electrons. The van der Waals surface area contributed by atoms with Gasteiger partial charge >= 0.3 is 0 Å². The highest BCUT2D eigenvalue weighted by Crippen LogP contribution is 2.43. The first-order chi connectivity index (χ1) is 10.1. The molecule has 2 nitrogen and oxygen atoms in total. The van der Waals surface area contributed by atoms with Gasteiger partial charge in [-0.15, -0.1) is 0 Å². The summed E-state index contributed by atoms with van der Waals surface area (Å²) in [6.45, 7) is 7.05. The molecule has 2 heterocycles. The zero-order valence-electron chi connectivity index (χ0n) is 12.9. The summed E-state index contributed by atoms with van der Waals surface area (Å²) in [5.41, 5.74) is 1.54. The van der Waals surface area contributed by atoms with Gasteiger partial charge in [-0.3, -0.25) is 4.90 Å². The average molecular weight is 281 g/mol. The lowest BCUT2D eigenvalue weighted by atomic mass is 9.79. The van der Waals surface area contributed by atoms with E-state index in [0.717, 1.165) is 12.2 Å². The molecule has 1 atom stereocenters. The van der Waals surface area contributed by atoms with Gasteiger partial charge in [-0.05, 0) is 36.1 Å². The molecule has 4 rings (SSSR count). The van der Waals surface area contributed by atoms with Crippen molar-refractivity contribution in [2.45, 2.75) is 39.3 Å². The van der Waals surface area contributed by atoms with E-state index in [2.05, 4.69) is 55.1 Å². The third-order valence-corrected chi connectivity index (χ3v) is 5.01. The van der Waals surface area contributed by atoms with Crippen LogP contribution >= 0.6 is 0 Å². The van der Waals surface area contributed by atoms with E-state index in [-0.39, 0.29) is 11.6 Å². The van der Waals surface area contributed by atoms with Gasteiger partial charge in [0.25, 0.3) is 0 Å². The summed E-state index contributed by atoms with van der Waals surface area (Å²) in [6, 6.07) is 13.0. The molecular formula is C19H23NO. The third-order valence-electron chi connectivity index (χ3n) is 5.01. The van der Waals surface area contributed by atoms with Gasteiger partial charge in [0.15, 0.2) is 6.23 Å². The average Bonchev–Trinajstić information content (AvgIpc) is 2.99. The summed E-state index contributed by atoms with van der Waals surface area (Å²) >= 11 is 0. The monoisotopic (exact) mass is 281 g/mol. The zero-order chi connectivity index (χ0) is 14.4. The first kappa shape index (κ1) is 13.1. The second-order valence-corrected chi connectivity index (χ2v) is 7.14. The van der Waals surface area contributed by atoms with E-state index >= 15 is 0 Å². The van der Waals surface area contributed by atoms with E-state index in [0.29, 0.717) is 0 Å². The first-order valence-corrected chi connectivity index (χ1v) is 8.06. The Hall–Kier alpha value is -1.54. The van der Waals surface area contributed by atoms with Crippen molar-refractivity contribution in [3.05, 3.63) is 42.0 Å². The third kappa shape index (κ3) is 2.13. The minimum Gasteiger partial charge on any atom is -0.474 e. The van der Waals surface area contributed by atoms with Gasteiger partial charge < -0.3 is 4.74 Å². The highest BCUT2D eigenvalue weighted by atomic mass is 16.5. The Morgan fingerprint density at radius 2 is 1.81 bits per heavy atom. The molecule has 1 unspecified atom stereocenters. The van der Waals surface area contributed by atoms with Crippen molar-refractivity contribution in [1.29, 1.82) is 0 Å². The van der Waals surface area contributed by atoms with E-state index in [1.54, 1.807) is 0 Å². The van der Waals surface area contributed by atoms with Crippen molar-refractivity contribution < 1.29 is 4.74 Å². The van der Waals surface area contributed by atoms with E-state index in [1.807, 2.05) is 0 Å². The van der Waals surface area contributed by atoms with Crippen LogP contribution in [0, 0.1) is 5.41 Å². The maximum atomic E-state index is 6.47. The molecule has 1 fully saturated rings. The van der Waals surface area contributed by atoms with Gasteiger partial charge in [-0.2, -0.15) is 0 Å². The standard InChI is InChI=1S/C19H23NO/c1-19(2)13-16-15-8-4-3-7-14(15)9-10-17(16)21-18(19)20-11-5-6-12-20/h3-4,7-10,18H,5-6,11-13H2,1-2H3. The van der Waals surface area contributed by atoms with E-state index in [9.17, 15) is 0 Å². The number of hydrogen-bond donors (Lipinski definition) is 0. The van der Waals surface area contributed by atoms with Gasteiger partial charge in [-0.25, -0.2) is 0 Å². The van der Waals surface area contributed by atoms with Gasteiger partial charge in [-0.1, -0.05) is 44.2 Å². The van der Waals surface area contributed by atoms with Gasteiger partial charge in [0.2, 0.25) is 0 Å². The fourth-order valence-corrected chi connectivity index (χ4v) is 3.98. The summed E-state index contributed by atoms with van der Waals surface area (Å²) in [6.07, 6.45) is 3.92. The molecule has 0 aliphatic carbocycles. The molecule has 110 valence electrons. The van der Waals surface area contributed by atoms with Crippen LogP contribution in [0.4, 0.5) is 0 Å². The van der Waals surface area contributed by atoms with Gasteiger partial charge in [0, 0.05) is 24.1 Å². The lowest BCUT2D eigenvalue weighted by Gasteiger charge is -2.44. The summed E-state index contributed by atoms with van der Waals surface area (Å²) in [5.74, 6) is 1.09. The highest BCUT2D eigenvalue weighted by Gasteiger charge is 2.41. The Morgan fingerprint density at radius 1 is 1.05 bits per heavy atom. The molecule has 2 aromatic carbocycles. The first-order valence-electron chi connectivity index (χ1n) is 8.06. The Balaban J connectivity index is 1.79. The van der Waals surface area contributed by atoms with E-state index in [4.69, 9.17) is 4.74 Å². The van der Waals surface area contributed by atoms with E-state index < -0.39 is 0 Å². The summed E-state index contributed by atoms with van der Waals surface area (Å²) in [4.78, 5) is 2.53. The van der Waals surface area contributed by atoms with Crippen LogP contribution in [0.2, 0.25) is 0 Å². The van der Waals surface area contributed by atoms with Crippen molar-refractivity contribution >= 4 is 10.8 Å². The fraction of sp³-hybridized carbons (Fsp3) is 0.474. The molecule has 2 aliphatic rings. The van der Waals surface area contributed by atoms with Crippen LogP contribution in [-0.2, 0) is 6.42 Å². The number of fused-ring (bicyclic) bond motifs is 3.